The van der Waals surface area contributed by atoms with E-state index in [-0.39, 0.29) is 0 Å². The molecule has 11 heavy (non-hydrogen) atoms. The average molecular weight is 144 g/mol. The molecular formula is C9H8N2. The maximum absolute atomic E-state index is 8.58. The van der Waals surface area contributed by atoms with E-state index in [4.69, 9.17) is 11.0 Å². The van der Waals surface area contributed by atoms with Crippen LogP contribution in [0.15, 0.2) is 36.5 Å². The van der Waals surface area contributed by atoms with E-state index >= 15 is 0 Å². The lowest BCUT2D eigenvalue weighted by Crippen LogP contribution is -1.85. The van der Waals surface area contributed by atoms with Gasteiger partial charge in [0.1, 0.15) is 6.07 Å². The molecule has 0 saturated carbocycles. The van der Waals surface area contributed by atoms with Gasteiger partial charge in [0.05, 0.1) is 5.57 Å². The molecule has 1 aromatic rings. The second kappa shape index (κ2) is 3.43. The predicted octanol–water partition coefficient (Wildman–Crippen LogP) is 1.51. The Morgan fingerprint density at radius 1 is 1.36 bits per heavy atom. The van der Waals surface area contributed by atoms with Gasteiger partial charge in [0, 0.05) is 6.20 Å². The van der Waals surface area contributed by atoms with E-state index in [9.17, 15) is 0 Å². The SMILES string of the molecule is N#C/C(=C\N)c1ccccc1. The minimum absolute atomic E-state index is 0.505. The Bertz CT molecular complexity index is 293. The molecule has 0 atom stereocenters. The van der Waals surface area contributed by atoms with Crippen LogP contribution in [0.25, 0.3) is 5.57 Å². The first-order valence-corrected chi connectivity index (χ1v) is 3.26. The van der Waals surface area contributed by atoms with Crippen molar-refractivity contribution in [1.82, 2.24) is 0 Å². The molecule has 2 heteroatoms. The van der Waals surface area contributed by atoms with Crippen LogP contribution in [-0.2, 0) is 0 Å². The van der Waals surface area contributed by atoms with Gasteiger partial charge in [0.25, 0.3) is 0 Å². The van der Waals surface area contributed by atoms with Gasteiger partial charge in [-0.25, -0.2) is 0 Å². The molecule has 1 rings (SSSR count). The van der Waals surface area contributed by atoms with Crippen LogP contribution in [-0.4, -0.2) is 0 Å². The highest BCUT2D eigenvalue weighted by Gasteiger charge is 1.95. The zero-order valence-corrected chi connectivity index (χ0v) is 5.99. The summed E-state index contributed by atoms with van der Waals surface area (Å²) < 4.78 is 0. The van der Waals surface area contributed by atoms with Crippen LogP contribution >= 0.6 is 0 Å². The monoisotopic (exact) mass is 144 g/mol. The van der Waals surface area contributed by atoms with Crippen LogP contribution in [0.1, 0.15) is 5.56 Å². The fraction of sp³-hybridized carbons (Fsp3) is 0. The number of benzene rings is 1. The fourth-order valence-corrected chi connectivity index (χ4v) is 0.816. The van der Waals surface area contributed by atoms with Crippen molar-refractivity contribution in [3.8, 4) is 6.07 Å². The van der Waals surface area contributed by atoms with Crippen LogP contribution in [0.2, 0.25) is 0 Å². The molecule has 2 nitrogen and oxygen atoms in total. The number of nitrogens with zero attached hydrogens (tertiary/aromatic N) is 1. The molecule has 0 aliphatic carbocycles. The molecule has 0 aliphatic heterocycles. The van der Waals surface area contributed by atoms with E-state index in [1.165, 1.54) is 6.20 Å². The molecule has 0 amide bonds. The minimum Gasteiger partial charge on any atom is -0.404 e. The number of hydrogen-bond acceptors (Lipinski definition) is 2. The summed E-state index contributed by atoms with van der Waals surface area (Å²) in [4.78, 5) is 0. The summed E-state index contributed by atoms with van der Waals surface area (Å²) in [6.07, 6.45) is 1.31. The van der Waals surface area contributed by atoms with E-state index in [1.54, 1.807) is 0 Å². The lowest BCUT2D eigenvalue weighted by Gasteiger charge is -1.94. The zero-order chi connectivity index (χ0) is 8.10. The second-order valence-electron chi connectivity index (χ2n) is 2.06. The molecule has 0 aromatic heterocycles. The maximum Gasteiger partial charge on any atom is 0.101 e. The van der Waals surface area contributed by atoms with Crippen molar-refractivity contribution in [3.05, 3.63) is 42.1 Å². The van der Waals surface area contributed by atoms with Gasteiger partial charge in [-0.05, 0) is 5.56 Å². The first kappa shape index (κ1) is 7.36. The number of allylic oxidation sites excluding steroid dienone is 1. The average Bonchev–Trinajstić information content (AvgIpc) is 2.09. The van der Waals surface area contributed by atoms with Gasteiger partial charge < -0.3 is 5.73 Å². The molecule has 54 valence electrons. The third kappa shape index (κ3) is 1.59. The lowest BCUT2D eigenvalue weighted by atomic mass is 10.1. The van der Waals surface area contributed by atoms with Crippen LogP contribution in [0.3, 0.4) is 0 Å². The number of rotatable bonds is 1. The van der Waals surface area contributed by atoms with E-state index < -0.39 is 0 Å². The molecule has 1 aromatic carbocycles. The van der Waals surface area contributed by atoms with Gasteiger partial charge in [-0.15, -0.1) is 0 Å². The van der Waals surface area contributed by atoms with Crippen molar-refractivity contribution in [1.29, 1.82) is 5.26 Å². The normalized spacial score (nSPS) is 10.6. The predicted molar refractivity (Wildman–Crippen MR) is 44.2 cm³/mol. The standard InChI is InChI=1S/C9H8N2/c10-6-9(7-11)8-4-2-1-3-5-8/h1-6H,10H2/b9-6+. The molecular weight excluding hydrogens is 136 g/mol. The van der Waals surface area contributed by atoms with E-state index in [2.05, 4.69) is 0 Å². The Morgan fingerprint density at radius 3 is 2.45 bits per heavy atom. The molecule has 0 spiro atoms. The Hall–Kier alpha value is -1.75. The Kier molecular flexibility index (Phi) is 2.29. The summed E-state index contributed by atoms with van der Waals surface area (Å²) in [5.41, 5.74) is 6.59. The van der Waals surface area contributed by atoms with Crippen molar-refractivity contribution in [2.24, 2.45) is 5.73 Å². The quantitative estimate of drug-likeness (QED) is 0.607. The number of nitriles is 1. The summed E-state index contributed by atoms with van der Waals surface area (Å²) in [7, 11) is 0. The third-order valence-electron chi connectivity index (χ3n) is 1.37. The summed E-state index contributed by atoms with van der Waals surface area (Å²) in [6.45, 7) is 0. The minimum atomic E-state index is 0.505. The van der Waals surface area contributed by atoms with Crippen molar-refractivity contribution in [2.45, 2.75) is 0 Å². The fourth-order valence-electron chi connectivity index (χ4n) is 0.816. The van der Waals surface area contributed by atoms with Gasteiger partial charge >= 0.3 is 0 Å². The molecule has 0 unspecified atom stereocenters. The number of hydrogen-bond donors (Lipinski definition) is 1. The lowest BCUT2D eigenvalue weighted by molar-refractivity contribution is 1.50. The highest BCUT2D eigenvalue weighted by molar-refractivity contribution is 5.75. The first-order valence-electron chi connectivity index (χ1n) is 3.26. The molecule has 0 radical (unpaired) electrons. The van der Waals surface area contributed by atoms with Crippen molar-refractivity contribution in [2.75, 3.05) is 0 Å². The molecule has 0 bridgehead atoms. The van der Waals surface area contributed by atoms with Crippen LogP contribution in [0, 0.1) is 11.3 Å². The van der Waals surface area contributed by atoms with Gasteiger partial charge in [-0.3, -0.25) is 0 Å². The Balaban J connectivity index is 3.05. The second-order valence-corrected chi connectivity index (χ2v) is 2.06. The number of nitrogens with two attached hydrogens (primary N) is 1. The molecule has 0 fully saturated rings. The smallest absolute Gasteiger partial charge is 0.101 e. The highest BCUT2D eigenvalue weighted by Crippen LogP contribution is 2.10. The van der Waals surface area contributed by atoms with Crippen LogP contribution in [0.5, 0.6) is 0 Å². The summed E-state index contributed by atoms with van der Waals surface area (Å²) in [5, 5.41) is 8.58. The van der Waals surface area contributed by atoms with Crippen molar-refractivity contribution in [3.63, 3.8) is 0 Å². The first-order chi connectivity index (χ1) is 5.38. The Morgan fingerprint density at radius 2 is 2.00 bits per heavy atom. The van der Waals surface area contributed by atoms with Crippen molar-refractivity contribution < 1.29 is 0 Å². The topological polar surface area (TPSA) is 49.8 Å². The van der Waals surface area contributed by atoms with Gasteiger partial charge in [-0.1, -0.05) is 30.3 Å². The van der Waals surface area contributed by atoms with Crippen LogP contribution in [0.4, 0.5) is 0 Å². The van der Waals surface area contributed by atoms with Crippen molar-refractivity contribution >= 4 is 5.57 Å². The molecule has 2 N–H and O–H groups in total. The summed E-state index contributed by atoms with van der Waals surface area (Å²) in [6, 6.07) is 11.3. The third-order valence-corrected chi connectivity index (χ3v) is 1.37. The van der Waals surface area contributed by atoms with Crippen LogP contribution < -0.4 is 5.73 Å². The maximum atomic E-state index is 8.58. The zero-order valence-electron chi connectivity index (χ0n) is 5.99. The van der Waals surface area contributed by atoms with Gasteiger partial charge in [0.15, 0.2) is 0 Å². The van der Waals surface area contributed by atoms with Gasteiger partial charge in [0.2, 0.25) is 0 Å². The van der Waals surface area contributed by atoms with E-state index in [0.29, 0.717) is 5.57 Å². The summed E-state index contributed by atoms with van der Waals surface area (Å²) >= 11 is 0. The highest BCUT2D eigenvalue weighted by atomic mass is 14.5. The van der Waals surface area contributed by atoms with E-state index in [1.807, 2.05) is 36.4 Å². The molecule has 0 heterocycles. The largest absolute Gasteiger partial charge is 0.404 e. The molecule has 0 aliphatic rings. The van der Waals surface area contributed by atoms with E-state index in [0.717, 1.165) is 5.56 Å². The Labute approximate surface area is 65.6 Å². The molecule has 0 saturated heterocycles. The summed E-state index contributed by atoms with van der Waals surface area (Å²) in [5.74, 6) is 0. The van der Waals surface area contributed by atoms with Gasteiger partial charge in [-0.2, -0.15) is 5.26 Å².